The highest BCUT2D eigenvalue weighted by Gasteiger charge is 2.61. The molecule has 11 nitrogen and oxygen atoms in total. The quantitative estimate of drug-likeness (QED) is 0.335. The van der Waals surface area contributed by atoms with Gasteiger partial charge in [0.2, 0.25) is 5.91 Å². The van der Waals surface area contributed by atoms with Gasteiger partial charge in [0, 0.05) is 11.3 Å². The van der Waals surface area contributed by atoms with Gasteiger partial charge in [-0.1, -0.05) is 75.2 Å². The Kier molecular flexibility index (Phi) is 11.2. The molecule has 1 heterocycles. The molecular formula is C34H48N4O7S. The molecule has 0 bridgehead atoms. The van der Waals surface area contributed by atoms with E-state index in [1.54, 1.807) is 75.9 Å². The molecule has 0 saturated heterocycles. The van der Waals surface area contributed by atoms with Crippen molar-refractivity contribution in [3.8, 4) is 0 Å². The molecule has 12 heteroatoms. The Hall–Kier alpha value is -3.48. The van der Waals surface area contributed by atoms with Crippen LogP contribution in [0.3, 0.4) is 0 Å². The molecular weight excluding hydrogens is 608 g/mol. The molecule has 1 unspecified atom stereocenters. The number of nitrogens with one attached hydrogen (secondary N) is 3. The van der Waals surface area contributed by atoms with Gasteiger partial charge in [0.25, 0.3) is 15.9 Å². The number of rotatable bonds is 6. The average molecular weight is 657 g/mol. The highest BCUT2D eigenvalue weighted by atomic mass is 32.2. The van der Waals surface area contributed by atoms with Crippen molar-refractivity contribution in [1.29, 1.82) is 0 Å². The van der Waals surface area contributed by atoms with Crippen LogP contribution in [0.15, 0.2) is 59.5 Å². The second-order valence-corrected chi connectivity index (χ2v) is 14.8. The van der Waals surface area contributed by atoms with Gasteiger partial charge >= 0.3 is 6.09 Å². The van der Waals surface area contributed by atoms with Crippen LogP contribution in [0.2, 0.25) is 0 Å². The molecule has 4 rings (SSSR count). The fraction of sp³-hybridized carbons (Fsp3) is 0.559. The molecule has 46 heavy (non-hydrogen) atoms. The van der Waals surface area contributed by atoms with Crippen LogP contribution in [0.25, 0.3) is 10.8 Å². The van der Waals surface area contributed by atoms with Crippen LogP contribution >= 0.6 is 0 Å². The highest BCUT2D eigenvalue weighted by Crippen LogP contribution is 2.45. The third-order valence-corrected chi connectivity index (χ3v) is 10.0. The van der Waals surface area contributed by atoms with E-state index in [1.165, 1.54) is 6.07 Å². The Morgan fingerprint density at radius 2 is 1.80 bits per heavy atom. The number of nitrogens with zero attached hydrogens (tertiary/aromatic N) is 1. The van der Waals surface area contributed by atoms with Crippen LogP contribution in [-0.4, -0.2) is 72.3 Å². The van der Waals surface area contributed by atoms with Crippen LogP contribution in [0, 0.1) is 5.92 Å². The lowest BCUT2D eigenvalue weighted by atomic mass is 10.0. The minimum absolute atomic E-state index is 0.0261. The monoisotopic (exact) mass is 656 g/mol. The predicted octanol–water partition coefficient (Wildman–Crippen LogP) is 4.35. The summed E-state index contributed by atoms with van der Waals surface area (Å²) < 4.78 is 34.8. The maximum atomic E-state index is 13.9. The first kappa shape index (κ1) is 35.4. The molecule has 5 atom stereocenters. The van der Waals surface area contributed by atoms with Crippen LogP contribution in [0.4, 0.5) is 4.79 Å². The number of aliphatic hydroxyl groups is 1. The fourth-order valence-electron chi connectivity index (χ4n) is 6.19. The van der Waals surface area contributed by atoms with Crippen molar-refractivity contribution in [3.63, 3.8) is 0 Å². The molecule has 0 aromatic heterocycles. The number of allylic oxidation sites excluding steroid dienone is 1. The number of hydrogen-bond donors (Lipinski definition) is 4. The van der Waals surface area contributed by atoms with E-state index in [9.17, 15) is 27.9 Å². The number of fused-ring (bicyclic) bond motifs is 2. The number of carbonyl (C=O) groups is 3. The van der Waals surface area contributed by atoms with E-state index in [-0.39, 0.29) is 17.9 Å². The number of aliphatic hydroxyl groups excluding tert-OH is 1. The maximum Gasteiger partial charge on any atom is 0.408 e. The van der Waals surface area contributed by atoms with Crippen molar-refractivity contribution in [2.45, 2.75) is 114 Å². The highest BCUT2D eigenvalue weighted by molar-refractivity contribution is 7.90. The van der Waals surface area contributed by atoms with Gasteiger partial charge in [-0.2, -0.15) is 0 Å². The lowest BCUT2D eigenvalue weighted by Crippen LogP contribution is -2.61. The van der Waals surface area contributed by atoms with E-state index < -0.39 is 63.3 Å². The van der Waals surface area contributed by atoms with Gasteiger partial charge in [-0.3, -0.25) is 14.5 Å². The first-order chi connectivity index (χ1) is 21.7. The second-order valence-electron chi connectivity index (χ2n) is 13.2. The van der Waals surface area contributed by atoms with Gasteiger partial charge in [-0.05, 0) is 70.9 Å². The summed E-state index contributed by atoms with van der Waals surface area (Å²) in [5.74, 6) is -1.72. The molecule has 4 N–H and O–H groups in total. The Labute approximate surface area is 272 Å². The summed E-state index contributed by atoms with van der Waals surface area (Å²) in [5, 5.41) is 18.5. The van der Waals surface area contributed by atoms with Crippen LogP contribution < -0.4 is 15.4 Å². The number of hydrogen-bond acceptors (Lipinski definition) is 8. The Morgan fingerprint density at radius 1 is 1.09 bits per heavy atom. The van der Waals surface area contributed by atoms with Gasteiger partial charge in [-0.15, -0.1) is 0 Å². The van der Waals surface area contributed by atoms with E-state index in [0.29, 0.717) is 23.6 Å². The fourth-order valence-corrected chi connectivity index (χ4v) is 7.46. The molecule has 2 aromatic rings. The van der Waals surface area contributed by atoms with Gasteiger partial charge < -0.3 is 20.5 Å². The van der Waals surface area contributed by atoms with Crippen molar-refractivity contribution < 1.29 is 32.6 Å². The molecule has 1 aliphatic heterocycles. The molecule has 252 valence electrons. The van der Waals surface area contributed by atoms with Gasteiger partial charge in [0.05, 0.1) is 17.0 Å². The van der Waals surface area contributed by atoms with Crippen LogP contribution in [0.1, 0.15) is 79.6 Å². The maximum absolute atomic E-state index is 13.9. The molecule has 0 radical (unpaired) electrons. The zero-order chi connectivity index (χ0) is 33.7. The summed E-state index contributed by atoms with van der Waals surface area (Å²) in [6.45, 7) is 9.15. The minimum Gasteiger partial charge on any atom is -0.444 e. The van der Waals surface area contributed by atoms with Gasteiger partial charge in [0.1, 0.15) is 17.4 Å². The topological polar surface area (TPSA) is 154 Å². The number of alkyl carbamates (subject to hydrolysis) is 1. The smallest absolute Gasteiger partial charge is 0.408 e. The first-order valence-electron chi connectivity index (χ1n) is 16.2. The average Bonchev–Trinajstić information content (AvgIpc) is 3.69. The molecule has 3 amide bonds. The first-order valence-corrected chi connectivity index (χ1v) is 17.7. The number of amides is 3. The third-order valence-electron chi connectivity index (χ3n) is 8.64. The van der Waals surface area contributed by atoms with Crippen LogP contribution in [-0.2, 0) is 24.3 Å². The zero-order valence-corrected chi connectivity index (χ0v) is 28.2. The second kappa shape index (κ2) is 14.5. The summed E-state index contributed by atoms with van der Waals surface area (Å²) in [5.41, 5.74) is -2.20. The van der Waals surface area contributed by atoms with Gasteiger partial charge in [-0.25, -0.2) is 17.9 Å². The molecule has 1 fully saturated rings. The molecule has 1 aliphatic carbocycles. The van der Waals surface area contributed by atoms with Crippen molar-refractivity contribution >= 4 is 38.7 Å². The number of carbonyl (C=O) groups excluding carboxylic acids is 3. The minimum atomic E-state index is -4.28. The Balaban J connectivity index is 1.62. The van der Waals surface area contributed by atoms with E-state index in [4.69, 9.17) is 4.74 Å². The predicted molar refractivity (Wildman–Crippen MR) is 176 cm³/mol. The normalized spacial score (nSPS) is 27.3. The van der Waals surface area contributed by atoms with Crippen molar-refractivity contribution in [2.24, 2.45) is 5.92 Å². The standard InChI is InChI=1S/C34H48N4O7S/c1-6-27-29(39)36-34(31(41)37-46(43,44)28-21-15-17-23-16-13-14-19-25(23)28)22-24(34)18-11-9-8-10-12-20-26(30(40)38(27)7-2)35-32(42)45-33(3,4)5/h11,13-19,21,24,26-27,30,40H,6-10,12,20,22H2,1-5H3,(H,35,42)(H,36,39)(H,37,41)/b18-11-/t24-,26+,27+,30?,34-/m1/s1. The molecule has 2 aliphatic rings. The van der Waals surface area contributed by atoms with Crippen LogP contribution in [0.5, 0.6) is 0 Å². The van der Waals surface area contributed by atoms with Crippen molar-refractivity contribution in [1.82, 2.24) is 20.3 Å². The lowest BCUT2D eigenvalue weighted by molar-refractivity contribution is -0.137. The number of benzene rings is 2. The zero-order valence-electron chi connectivity index (χ0n) is 27.4. The summed E-state index contributed by atoms with van der Waals surface area (Å²) in [4.78, 5) is 42.1. The summed E-state index contributed by atoms with van der Waals surface area (Å²) in [7, 11) is -4.28. The number of ether oxygens (including phenoxy) is 1. The molecule has 2 aromatic carbocycles. The van der Waals surface area contributed by atoms with Gasteiger partial charge in [0.15, 0.2) is 0 Å². The molecule has 0 spiro atoms. The lowest BCUT2D eigenvalue weighted by Gasteiger charge is -2.38. The van der Waals surface area contributed by atoms with E-state index in [1.807, 2.05) is 12.2 Å². The Morgan fingerprint density at radius 3 is 2.50 bits per heavy atom. The van der Waals surface area contributed by atoms with E-state index in [2.05, 4.69) is 15.4 Å². The number of sulfonamides is 1. The summed E-state index contributed by atoms with van der Waals surface area (Å²) >= 11 is 0. The van der Waals surface area contributed by atoms with E-state index >= 15 is 0 Å². The summed E-state index contributed by atoms with van der Waals surface area (Å²) in [6, 6.07) is 10.3. The van der Waals surface area contributed by atoms with E-state index in [0.717, 1.165) is 25.7 Å². The summed E-state index contributed by atoms with van der Waals surface area (Å²) in [6.07, 6.45) is 6.10. The van der Waals surface area contributed by atoms with Crippen molar-refractivity contribution in [2.75, 3.05) is 6.54 Å². The SMILES string of the molecule is CC[C@H]1C(=O)N[C@]2(C(=O)NS(=O)(=O)c3cccc4ccccc34)C[C@H]2/C=C\CCCCC[C@H](NC(=O)OC(C)(C)C)C(O)N1CC. The Bertz CT molecular complexity index is 1550. The largest absolute Gasteiger partial charge is 0.444 e. The molecule has 1 saturated carbocycles. The number of likely N-dealkylation sites (N-methyl/N-ethyl adjacent to an activating group) is 1. The third kappa shape index (κ3) is 8.26. The van der Waals surface area contributed by atoms with Crippen molar-refractivity contribution in [3.05, 3.63) is 54.6 Å².